The third-order valence-electron chi connectivity index (χ3n) is 9.62. The van der Waals surface area contributed by atoms with E-state index in [1.165, 1.54) is 26.7 Å². The predicted octanol–water partition coefficient (Wildman–Crippen LogP) is 4.90. The molecule has 4 rings (SSSR count). The summed E-state index contributed by atoms with van der Waals surface area (Å²) in [5.41, 5.74) is -0.532. The molecule has 160 valence electrons. The fraction of sp³-hybridized carbons (Fsp3) is 0.840. The average Bonchev–Trinajstić information content (AvgIpc) is 2.94. The molecule has 4 heteroatoms. The van der Waals surface area contributed by atoms with Gasteiger partial charge in [-0.25, -0.2) is 0 Å². The first-order chi connectivity index (χ1) is 13.6. The third-order valence-corrected chi connectivity index (χ3v) is 9.62. The molecule has 0 aromatic carbocycles. The van der Waals surface area contributed by atoms with E-state index in [-0.39, 0.29) is 23.5 Å². The van der Waals surface area contributed by atoms with Crippen molar-refractivity contribution in [3.8, 4) is 12.3 Å². The first-order valence-corrected chi connectivity index (χ1v) is 11.5. The highest BCUT2D eigenvalue weighted by Crippen LogP contribution is 2.68. The van der Waals surface area contributed by atoms with Crippen LogP contribution >= 0.6 is 0 Å². The molecule has 0 radical (unpaired) electrons. The Kier molecular flexibility index (Phi) is 5.03. The molecule has 0 amide bonds. The van der Waals surface area contributed by atoms with Crippen molar-refractivity contribution in [3.63, 3.8) is 0 Å². The maximum absolute atomic E-state index is 11.9. The monoisotopic (exact) mass is 400 g/mol. The second-order valence-corrected chi connectivity index (χ2v) is 10.7. The first kappa shape index (κ1) is 20.8. The minimum absolute atomic E-state index is 0.0977. The topological polar surface area (TPSA) is 52.6 Å². The first-order valence-electron chi connectivity index (χ1n) is 11.5. The van der Waals surface area contributed by atoms with Crippen molar-refractivity contribution in [1.82, 2.24) is 0 Å². The lowest BCUT2D eigenvalue weighted by molar-refractivity contribution is -0.178. The molecule has 0 spiro atoms. The van der Waals surface area contributed by atoms with Gasteiger partial charge in [0.05, 0.1) is 0 Å². The van der Waals surface area contributed by atoms with Gasteiger partial charge in [0.2, 0.25) is 0 Å². The van der Waals surface area contributed by atoms with E-state index in [1.807, 2.05) is 0 Å². The second kappa shape index (κ2) is 7.03. The minimum Gasteiger partial charge on any atom is -0.463 e. The van der Waals surface area contributed by atoms with Crippen LogP contribution in [0.3, 0.4) is 0 Å². The van der Waals surface area contributed by atoms with Gasteiger partial charge in [-0.3, -0.25) is 9.59 Å². The van der Waals surface area contributed by atoms with E-state index in [2.05, 4.69) is 19.8 Å². The second-order valence-electron chi connectivity index (χ2n) is 10.7. The molecule has 0 bridgehead atoms. The Morgan fingerprint density at radius 3 is 2.31 bits per heavy atom. The molecular weight excluding hydrogens is 364 g/mol. The zero-order valence-electron chi connectivity index (χ0n) is 18.5. The molecule has 0 aromatic rings. The molecule has 8 atom stereocenters. The Morgan fingerprint density at radius 2 is 1.66 bits per heavy atom. The van der Waals surface area contributed by atoms with Crippen molar-refractivity contribution in [1.29, 1.82) is 0 Å². The summed E-state index contributed by atoms with van der Waals surface area (Å²) in [5, 5.41) is 0. The fourth-order valence-electron chi connectivity index (χ4n) is 8.24. The van der Waals surface area contributed by atoms with Crippen LogP contribution in [0.4, 0.5) is 0 Å². The Hall–Kier alpha value is -1.50. The van der Waals surface area contributed by atoms with Crippen LogP contribution in [0.2, 0.25) is 0 Å². The molecule has 0 unspecified atom stereocenters. The Balaban J connectivity index is 1.57. The highest BCUT2D eigenvalue weighted by molar-refractivity contribution is 5.67. The van der Waals surface area contributed by atoms with E-state index >= 15 is 0 Å². The summed E-state index contributed by atoms with van der Waals surface area (Å²) in [6, 6.07) is 0. The molecule has 0 aliphatic heterocycles. The summed E-state index contributed by atoms with van der Waals surface area (Å²) in [6.45, 7) is 7.79. The van der Waals surface area contributed by atoms with Crippen molar-refractivity contribution < 1.29 is 19.1 Å². The molecular formula is C25H36O4. The van der Waals surface area contributed by atoms with Crippen LogP contribution in [0.1, 0.15) is 85.5 Å². The van der Waals surface area contributed by atoms with Gasteiger partial charge in [0.15, 0.2) is 5.60 Å². The van der Waals surface area contributed by atoms with Gasteiger partial charge in [-0.2, -0.15) is 0 Å². The van der Waals surface area contributed by atoms with Crippen molar-refractivity contribution in [2.24, 2.45) is 34.5 Å². The molecule has 0 N–H and O–H groups in total. The number of hydrogen-bond donors (Lipinski definition) is 0. The van der Waals surface area contributed by atoms with Crippen molar-refractivity contribution in [3.05, 3.63) is 0 Å². The van der Waals surface area contributed by atoms with E-state index < -0.39 is 5.60 Å². The molecule has 0 aromatic heterocycles. The minimum atomic E-state index is -0.737. The number of ether oxygens (including phenoxy) is 2. The molecule has 4 aliphatic carbocycles. The van der Waals surface area contributed by atoms with Crippen LogP contribution in [-0.2, 0) is 19.1 Å². The van der Waals surface area contributed by atoms with Crippen LogP contribution < -0.4 is 0 Å². The lowest BCUT2D eigenvalue weighted by Gasteiger charge is -2.61. The highest BCUT2D eigenvalue weighted by Gasteiger charge is 2.66. The zero-order valence-corrected chi connectivity index (χ0v) is 18.5. The molecule has 0 heterocycles. The fourth-order valence-corrected chi connectivity index (χ4v) is 8.24. The van der Waals surface area contributed by atoms with Gasteiger partial charge in [0.1, 0.15) is 6.10 Å². The third kappa shape index (κ3) is 3.03. The summed E-state index contributed by atoms with van der Waals surface area (Å²) in [7, 11) is 0. The zero-order chi connectivity index (χ0) is 21.0. The molecule has 4 fully saturated rings. The summed E-state index contributed by atoms with van der Waals surface area (Å²) in [5.74, 6) is 5.06. The average molecular weight is 401 g/mol. The summed E-state index contributed by atoms with van der Waals surface area (Å²) in [4.78, 5) is 23.3. The smallest absolute Gasteiger partial charge is 0.304 e. The van der Waals surface area contributed by atoms with E-state index in [0.717, 1.165) is 44.9 Å². The highest BCUT2D eigenvalue weighted by atomic mass is 16.6. The lowest BCUT2D eigenvalue weighted by Crippen LogP contribution is -2.57. The number of rotatable bonds is 2. The van der Waals surface area contributed by atoms with Gasteiger partial charge in [-0.05, 0) is 86.9 Å². The maximum atomic E-state index is 11.9. The molecule has 0 saturated heterocycles. The Bertz CT molecular complexity index is 738. The quantitative estimate of drug-likeness (QED) is 0.489. The lowest BCUT2D eigenvalue weighted by atomic mass is 9.44. The summed E-state index contributed by atoms with van der Waals surface area (Å²) < 4.78 is 11.4. The van der Waals surface area contributed by atoms with Crippen molar-refractivity contribution in [2.45, 2.75) is 97.2 Å². The predicted molar refractivity (Wildman–Crippen MR) is 111 cm³/mol. The van der Waals surface area contributed by atoms with Gasteiger partial charge in [0.25, 0.3) is 0 Å². The Labute approximate surface area is 175 Å². The van der Waals surface area contributed by atoms with E-state index in [0.29, 0.717) is 29.1 Å². The molecule has 4 aliphatic rings. The standard InChI is InChI=1S/C25H36O4/c1-6-25(29-17(3)27)14-11-22-20-8-7-18-15-19(28-16(2)26)9-12-23(18,4)21(20)10-13-24(22,25)5/h1,18-22H,7-15H2,2-5H3/t18-,19+,20+,21+,22+,23-,24+,25-/m0/s1. The van der Waals surface area contributed by atoms with E-state index in [9.17, 15) is 9.59 Å². The normalized spacial score (nSPS) is 48.4. The van der Waals surface area contributed by atoms with Gasteiger partial charge in [0, 0.05) is 19.3 Å². The van der Waals surface area contributed by atoms with Crippen LogP contribution in [0, 0.1) is 46.8 Å². The van der Waals surface area contributed by atoms with Crippen LogP contribution in [-0.4, -0.2) is 23.6 Å². The van der Waals surface area contributed by atoms with Gasteiger partial charge in [-0.1, -0.05) is 19.8 Å². The number of terminal acetylenes is 1. The van der Waals surface area contributed by atoms with Gasteiger partial charge in [-0.15, -0.1) is 6.42 Å². The summed E-state index contributed by atoms with van der Waals surface area (Å²) >= 11 is 0. The summed E-state index contributed by atoms with van der Waals surface area (Å²) in [6.07, 6.45) is 15.7. The Morgan fingerprint density at radius 1 is 0.931 bits per heavy atom. The largest absolute Gasteiger partial charge is 0.463 e. The SMILES string of the molecule is C#C[C@]1(OC(C)=O)CC[C@@H]2[C@@H]3CC[C@H]4C[C@H](OC(C)=O)CC[C@]4(C)[C@@H]3CC[C@]21C. The molecule has 4 nitrogen and oxygen atoms in total. The number of fused-ring (bicyclic) bond motifs is 5. The maximum Gasteiger partial charge on any atom is 0.304 e. The van der Waals surface area contributed by atoms with Crippen LogP contribution in [0.15, 0.2) is 0 Å². The van der Waals surface area contributed by atoms with Crippen molar-refractivity contribution >= 4 is 11.9 Å². The number of esters is 2. The number of hydrogen-bond acceptors (Lipinski definition) is 4. The number of carbonyl (C=O) groups excluding carboxylic acids is 2. The van der Waals surface area contributed by atoms with E-state index in [1.54, 1.807) is 0 Å². The van der Waals surface area contributed by atoms with Crippen molar-refractivity contribution in [2.75, 3.05) is 0 Å². The van der Waals surface area contributed by atoms with Crippen LogP contribution in [0.5, 0.6) is 0 Å². The molecule has 4 saturated carbocycles. The number of carbonyl (C=O) groups is 2. The molecule has 29 heavy (non-hydrogen) atoms. The van der Waals surface area contributed by atoms with Gasteiger partial charge < -0.3 is 9.47 Å². The van der Waals surface area contributed by atoms with Gasteiger partial charge >= 0.3 is 11.9 Å². The van der Waals surface area contributed by atoms with Crippen LogP contribution in [0.25, 0.3) is 0 Å². The van der Waals surface area contributed by atoms with E-state index in [4.69, 9.17) is 15.9 Å².